The fourth-order valence-corrected chi connectivity index (χ4v) is 6.65. The zero-order valence-electron chi connectivity index (χ0n) is 27.0. The molecule has 7 aromatic rings. The van der Waals surface area contributed by atoms with Crippen LogP contribution in [0.1, 0.15) is 38.9 Å². The maximum Gasteiger partial charge on any atom is 0.198 e. The Hall–Kier alpha value is -5.70. The SMILES string of the molecule is Cc1ccc(N(c2c(C)cc(C)c(-c3cnc4nccnc4n3)c2C)c2c(C)cc(C)c(-c3cnc4nccnc4n3)c2C)cc1. The van der Waals surface area contributed by atoms with Crippen LogP contribution < -0.4 is 4.90 Å². The van der Waals surface area contributed by atoms with Gasteiger partial charge in [0.15, 0.2) is 22.6 Å². The molecule has 4 aromatic heterocycles. The summed E-state index contributed by atoms with van der Waals surface area (Å²) >= 11 is 0. The van der Waals surface area contributed by atoms with E-state index < -0.39 is 0 Å². The highest BCUT2D eigenvalue weighted by Crippen LogP contribution is 2.47. The van der Waals surface area contributed by atoms with Crippen LogP contribution in [0.5, 0.6) is 0 Å². The van der Waals surface area contributed by atoms with Gasteiger partial charge in [-0.1, -0.05) is 29.8 Å². The van der Waals surface area contributed by atoms with Crippen LogP contribution in [-0.2, 0) is 0 Å². The predicted octanol–water partition coefficient (Wildman–Crippen LogP) is 8.12. The van der Waals surface area contributed by atoms with Gasteiger partial charge in [0.05, 0.1) is 35.2 Å². The van der Waals surface area contributed by atoms with Crippen LogP contribution in [-0.4, -0.2) is 39.9 Å². The molecular formula is C37H33N9. The van der Waals surface area contributed by atoms with Crippen LogP contribution in [0.2, 0.25) is 0 Å². The number of hydrogen-bond donors (Lipinski definition) is 0. The molecule has 0 radical (unpaired) electrons. The number of aromatic nitrogens is 8. The number of benzene rings is 3. The summed E-state index contributed by atoms with van der Waals surface area (Å²) in [6.07, 6.45) is 10.1. The molecule has 4 heterocycles. The highest BCUT2D eigenvalue weighted by molar-refractivity contribution is 5.91. The molecule has 0 amide bonds. The summed E-state index contributed by atoms with van der Waals surface area (Å²) in [7, 11) is 0. The first-order valence-electron chi connectivity index (χ1n) is 15.2. The van der Waals surface area contributed by atoms with E-state index in [-0.39, 0.29) is 0 Å². The molecule has 0 bridgehead atoms. The lowest BCUT2D eigenvalue weighted by Crippen LogP contribution is -2.17. The minimum Gasteiger partial charge on any atom is -0.309 e. The molecule has 9 heteroatoms. The first-order chi connectivity index (χ1) is 22.2. The van der Waals surface area contributed by atoms with Gasteiger partial charge in [-0.25, -0.2) is 39.9 Å². The first kappa shape index (κ1) is 29.0. The Bertz CT molecular complexity index is 2150. The monoisotopic (exact) mass is 603 g/mol. The summed E-state index contributed by atoms with van der Waals surface area (Å²) < 4.78 is 0. The van der Waals surface area contributed by atoms with Gasteiger partial charge in [-0.3, -0.25) is 0 Å². The largest absolute Gasteiger partial charge is 0.309 e. The minimum absolute atomic E-state index is 0.521. The van der Waals surface area contributed by atoms with Gasteiger partial charge >= 0.3 is 0 Å². The van der Waals surface area contributed by atoms with E-state index in [9.17, 15) is 0 Å². The molecule has 0 aliphatic carbocycles. The fraction of sp³-hybridized carbons (Fsp3) is 0.189. The van der Waals surface area contributed by atoms with Crippen molar-refractivity contribution in [2.75, 3.05) is 4.90 Å². The summed E-state index contributed by atoms with van der Waals surface area (Å²) in [6.45, 7) is 15.0. The summed E-state index contributed by atoms with van der Waals surface area (Å²) in [6, 6.07) is 13.1. The summed E-state index contributed by atoms with van der Waals surface area (Å²) in [5.41, 5.74) is 16.8. The Balaban J connectivity index is 1.50. The molecule has 0 saturated heterocycles. The van der Waals surface area contributed by atoms with E-state index in [1.54, 1.807) is 37.2 Å². The van der Waals surface area contributed by atoms with Crippen LogP contribution in [0, 0.1) is 48.5 Å². The molecular weight excluding hydrogens is 570 g/mol. The molecule has 46 heavy (non-hydrogen) atoms. The maximum absolute atomic E-state index is 4.90. The van der Waals surface area contributed by atoms with Gasteiger partial charge in [-0.2, -0.15) is 0 Å². The predicted molar refractivity (Wildman–Crippen MR) is 183 cm³/mol. The van der Waals surface area contributed by atoms with Crippen molar-refractivity contribution in [3.8, 4) is 22.5 Å². The topological polar surface area (TPSA) is 106 Å². The fourth-order valence-electron chi connectivity index (χ4n) is 6.65. The lowest BCUT2D eigenvalue weighted by molar-refractivity contribution is 1.13. The second-order valence-electron chi connectivity index (χ2n) is 11.8. The second-order valence-corrected chi connectivity index (χ2v) is 11.8. The van der Waals surface area contributed by atoms with E-state index in [4.69, 9.17) is 9.97 Å². The van der Waals surface area contributed by atoms with E-state index in [0.29, 0.717) is 22.6 Å². The van der Waals surface area contributed by atoms with Crippen LogP contribution >= 0.6 is 0 Å². The van der Waals surface area contributed by atoms with Crippen LogP contribution in [0.25, 0.3) is 45.1 Å². The minimum atomic E-state index is 0.521. The molecule has 9 nitrogen and oxygen atoms in total. The summed E-state index contributed by atoms with van der Waals surface area (Å²) in [5, 5.41) is 0. The molecule has 0 aliphatic heterocycles. The van der Waals surface area contributed by atoms with Gasteiger partial charge in [-0.15, -0.1) is 0 Å². The number of fused-ring (bicyclic) bond motifs is 2. The van der Waals surface area contributed by atoms with Crippen molar-refractivity contribution in [3.05, 3.63) is 113 Å². The quantitative estimate of drug-likeness (QED) is 0.193. The molecule has 0 unspecified atom stereocenters. The van der Waals surface area contributed by atoms with Gasteiger partial charge in [0, 0.05) is 41.6 Å². The lowest BCUT2D eigenvalue weighted by Gasteiger charge is -2.33. The third-order valence-corrected chi connectivity index (χ3v) is 8.51. The molecule has 0 atom stereocenters. The van der Waals surface area contributed by atoms with E-state index >= 15 is 0 Å². The smallest absolute Gasteiger partial charge is 0.198 e. The second kappa shape index (κ2) is 11.3. The summed E-state index contributed by atoms with van der Waals surface area (Å²) in [4.78, 5) is 38.9. The number of aryl methyl sites for hydroxylation is 5. The number of anilines is 3. The van der Waals surface area contributed by atoms with Crippen molar-refractivity contribution in [1.82, 2.24) is 39.9 Å². The van der Waals surface area contributed by atoms with Crippen LogP contribution in [0.4, 0.5) is 17.1 Å². The normalized spacial score (nSPS) is 11.4. The van der Waals surface area contributed by atoms with Crippen molar-refractivity contribution in [2.45, 2.75) is 48.5 Å². The zero-order chi connectivity index (χ0) is 32.1. The van der Waals surface area contributed by atoms with Gasteiger partial charge < -0.3 is 4.90 Å². The van der Waals surface area contributed by atoms with E-state index in [1.807, 2.05) is 0 Å². The Kier molecular flexibility index (Phi) is 7.16. The lowest BCUT2D eigenvalue weighted by atomic mass is 9.91. The molecule has 226 valence electrons. The van der Waals surface area contributed by atoms with Gasteiger partial charge in [-0.05, 0) is 94.0 Å². The maximum atomic E-state index is 4.90. The van der Waals surface area contributed by atoms with Gasteiger partial charge in [0.25, 0.3) is 0 Å². The van der Waals surface area contributed by atoms with E-state index in [0.717, 1.165) is 73.0 Å². The molecule has 0 aliphatic rings. The molecule has 3 aromatic carbocycles. The molecule has 0 N–H and O–H groups in total. The van der Waals surface area contributed by atoms with Crippen molar-refractivity contribution < 1.29 is 0 Å². The van der Waals surface area contributed by atoms with Crippen molar-refractivity contribution in [3.63, 3.8) is 0 Å². The van der Waals surface area contributed by atoms with E-state index in [1.165, 1.54) is 5.56 Å². The average Bonchev–Trinajstić information content (AvgIpc) is 3.04. The van der Waals surface area contributed by atoms with Crippen LogP contribution in [0.15, 0.2) is 73.6 Å². The Labute approximate surface area is 267 Å². The molecule has 0 spiro atoms. The first-order valence-corrected chi connectivity index (χ1v) is 15.2. The number of hydrogen-bond acceptors (Lipinski definition) is 9. The number of rotatable bonds is 5. The van der Waals surface area contributed by atoms with Gasteiger partial charge in [0.1, 0.15) is 0 Å². The standard InChI is InChI=1S/C37H33N9/c1-20-8-10-27(11-9-20)46(32-23(4)16-21(2)30(25(32)6)28-18-42-34-36(44-28)40-14-12-38-34)33-24(5)17-22(3)31(26(33)7)29-19-43-35-37(45-29)41-15-13-39-35/h8-19H,1-7H3. The summed E-state index contributed by atoms with van der Waals surface area (Å²) in [5.74, 6) is 0. The Morgan fingerprint density at radius 3 is 1.30 bits per heavy atom. The van der Waals surface area contributed by atoms with Crippen molar-refractivity contribution in [1.29, 1.82) is 0 Å². The van der Waals surface area contributed by atoms with Gasteiger partial charge in [0.2, 0.25) is 0 Å². The zero-order valence-corrected chi connectivity index (χ0v) is 27.0. The molecule has 0 saturated carbocycles. The van der Waals surface area contributed by atoms with Crippen LogP contribution in [0.3, 0.4) is 0 Å². The van der Waals surface area contributed by atoms with Crippen molar-refractivity contribution >= 4 is 39.7 Å². The van der Waals surface area contributed by atoms with E-state index in [2.05, 4.69) is 120 Å². The third-order valence-electron chi connectivity index (χ3n) is 8.51. The number of nitrogens with zero attached hydrogens (tertiary/aromatic N) is 9. The Morgan fingerprint density at radius 2 is 0.870 bits per heavy atom. The Morgan fingerprint density at radius 1 is 0.457 bits per heavy atom. The highest BCUT2D eigenvalue weighted by Gasteiger charge is 2.26. The van der Waals surface area contributed by atoms with Crippen molar-refractivity contribution in [2.24, 2.45) is 0 Å². The molecule has 0 fully saturated rings. The average molecular weight is 604 g/mol. The third kappa shape index (κ3) is 4.90. The highest BCUT2D eigenvalue weighted by atomic mass is 15.2. The molecule has 7 rings (SSSR count).